The minimum Gasteiger partial charge on any atom is -0.258 e. The molecule has 0 atom stereocenters. The molecule has 0 bridgehead atoms. The first-order valence-electron chi connectivity index (χ1n) is 6.53. The largest absolute Gasteiger partial charge is 0.283 e. The highest BCUT2D eigenvalue weighted by molar-refractivity contribution is 7.99. The molecule has 0 aliphatic carbocycles. The van der Waals surface area contributed by atoms with E-state index < -0.39 is 0 Å². The van der Waals surface area contributed by atoms with Crippen molar-refractivity contribution in [2.75, 3.05) is 0 Å². The average molecular weight is 312 g/mol. The number of para-hydroxylation sites is 1. The number of aromatic nitrogens is 3. The lowest BCUT2D eigenvalue weighted by atomic mass is 10.2. The zero-order valence-electron chi connectivity index (χ0n) is 11.7. The van der Waals surface area contributed by atoms with E-state index >= 15 is 0 Å². The fourth-order valence-electron chi connectivity index (χ4n) is 1.95. The number of hydrogen-bond acceptors (Lipinski definition) is 5. The second-order valence-corrected chi connectivity index (χ2v) is 5.65. The molecule has 0 aliphatic heterocycles. The van der Waals surface area contributed by atoms with Gasteiger partial charge in [0.1, 0.15) is 6.33 Å². The molecular formula is C15H12N4O2S. The number of nitrogens with zero attached hydrogens (tertiary/aromatic N) is 4. The number of aryl methyl sites for hydroxylation is 1. The summed E-state index contributed by atoms with van der Waals surface area (Å²) < 4.78 is 1.64. The summed E-state index contributed by atoms with van der Waals surface area (Å²) in [4.78, 5) is 15.5. The molecule has 1 heterocycles. The molecule has 2 aromatic carbocycles. The Kier molecular flexibility index (Phi) is 3.88. The molecule has 7 heteroatoms. The molecule has 22 heavy (non-hydrogen) atoms. The summed E-state index contributed by atoms with van der Waals surface area (Å²) in [5.74, 6) is 0. The fraction of sp³-hybridized carbons (Fsp3) is 0.0667. The van der Waals surface area contributed by atoms with Crippen molar-refractivity contribution in [2.45, 2.75) is 17.0 Å². The first kappa shape index (κ1) is 14.3. The van der Waals surface area contributed by atoms with E-state index in [-0.39, 0.29) is 10.6 Å². The van der Waals surface area contributed by atoms with Gasteiger partial charge in [0.2, 0.25) is 5.16 Å². The number of hydrogen-bond donors (Lipinski definition) is 0. The molecule has 110 valence electrons. The third kappa shape index (κ3) is 2.99. The maximum absolute atomic E-state index is 11.1. The third-order valence-electron chi connectivity index (χ3n) is 3.00. The molecule has 0 saturated heterocycles. The maximum atomic E-state index is 11.1. The molecule has 3 rings (SSSR count). The smallest absolute Gasteiger partial charge is 0.258 e. The van der Waals surface area contributed by atoms with Crippen molar-refractivity contribution in [3.05, 3.63) is 70.5 Å². The van der Waals surface area contributed by atoms with E-state index in [1.807, 2.05) is 43.3 Å². The van der Waals surface area contributed by atoms with Gasteiger partial charge in [-0.15, -0.1) is 5.10 Å². The van der Waals surface area contributed by atoms with Gasteiger partial charge in [-0.1, -0.05) is 24.3 Å². The summed E-state index contributed by atoms with van der Waals surface area (Å²) >= 11 is 1.18. The van der Waals surface area contributed by atoms with Gasteiger partial charge in [-0.05, 0) is 42.4 Å². The molecule has 0 N–H and O–H groups in total. The Morgan fingerprint density at radius 2 is 1.95 bits per heavy atom. The van der Waals surface area contributed by atoms with Crippen molar-refractivity contribution in [3.63, 3.8) is 0 Å². The van der Waals surface area contributed by atoms with Crippen LogP contribution in [0.1, 0.15) is 5.56 Å². The van der Waals surface area contributed by atoms with Gasteiger partial charge in [-0.3, -0.25) is 10.1 Å². The Bertz CT molecular complexity index is 817. The van der Waals surface area contributed by atoms with Crippen LogP contribution in [-0.2, 0) is 0 Å². The van der Waals surface area contributed by atoms with Gasteiger partial charge in [0.25, 0.3) is 5.69 Å². The highest BCUT2D eigenvalue weighted by Gasteiger charge is 2.16. The van der Waals surface area contributed by atoms with E-state index in [0.29, 0.717) is 10.1 Å². The van der Waals surface area contributed by atoms with Crippen molar-refractivity contribution in [2.24, 2.45) is 0 Å². The molecule has 0 unspecified atom stereocenters. The monoisotopic (exact) mass is 312 g/mol. The second kappa shape index (κ2) is 5.98. The van der Waals surface area contributed by atoms with Gasteiger partial charge in [0.15, 0.2) is 0 Å². The van der Waals surface area contributed by atoms with Gasteiger partial charge in [-0.25, -0.2) is 9.67 Å². The van der Waals surface area contributed by atoms with Crippen molar-refractivity contribution < 1.29 is 4.92 Å². The topological polar surface area (TPSA) is 73.8 Å². The van der Waals surface area contributed by atoms with Crippen LogP contribution in [0.4, 0.5) is 5.69 Å². The molecule has 3 aromatic rings. The number of nitro benzene ring substituents is 1. The summed E-state index contributed by atoms with van der Waals surface area (Å²) in [6.45, 7) is 1.82. The number of rotatable bonds is 4. The van der Waals surface area contributed by atoms with Crippen LogP contribution in [0.3, 0.4) is 0 Å². The first-order valence-corrected chi connectivity index (χ1v) is 7.35. The van der Waals surface area contributed by atoms with Crippen molar-refractivity contribution >= 4 is 17.4 Å². The zero-order valence-corrected chi connectivity index (χ0v) is 12.5. The quantitative estimate of drug-likeness (QED) is 0.543. The van der Waals surface area contributed by atoms with Crippen LogP contribution < -0.4 is 0 Å². The van der Waals surface area contributed by atoms with E-state index in [2.05, 4.69) is 10.1 Å². The lowest BCUT2D eigenvalue weighted by Gasteiger charge is -2.01. The highest BCUT2D eigenvalue weighted by atomic mass is 32.2. The third-order valence-corrected chi connectivity index (χ3v) is 3.94. The molecule has 0 amide bonds. The van der Waals surface area contributed by atoms with Crippen LogP contribution in [0.5, 0.6) is 0 Å². The normalized spacial score (nSPS) is 10.6. The van der Waals surface area contributed by atoms with Gasteiger partial charge in [0.05, 0.1) is 15.5 Å². The number of nitro groups is 1. The summed E-state index contributed by atoms with van der Waals surface area (Å²) in [7, 11) is 0. The van der Waals surface area contributed by atoms with E-state index in [9.17, 15) is 10.1 Å². The molecule has 1 aromatic heterocycles. The predicted molar refractivity (Wildman–Crippen MR) is 83.3 cm³/mol. The lowest BCUT2D eigenvalue weighted by Crippen LogP contribution is -1.94. The molecule has 6 nitrogen and oxygen atoms in total. The fourth-order valence-corrected chi connectivity index (χ4v) is 2.75. The molecule has 0 aliphatic rings. The zero-order chi connectivity index (χ0) is 15.5. The minimum atomic E-state index is -0.385. The van der Waals surface area contributed by atoms with Crippen molar-refractivity contribution in [1.82, 2.24) is 14.8 Å². The van der Waals surface area contributed by atoms with Crippen molar-refractivity contribution in [3.8, 4) is 5.69 Å². The lowest BCUT2D eigenvalue weighted by molar-refractivity contribution is -0.387. The molecular weight excluding hydrogens is 300 g/mol. The SMILES string of the molecule is Cc1ccc(Sc2ncn(-c3ccccc3)n2)c([N+](=O)[O-])c1. The summed E-state index contributed by atoms with van der Waals surface area (Å²) in [5, 5.41) is 15.9. The molecule has 0 fully saturated rings. The van der Waals surface area contributed by atoms with Crippen LogP contribution in [0.25, 0.3) is 5.69 Å². The molecule has 0 spiro atoms. The van der Waals surface area contributed by atoms with Gasteiger partial charge < -0.3 is 0 Å². The Hall–Kier alpha value is -2.67. The average Bonchev–Trinajstić information content (AvgIpc) is 2.98. The van der Waals surface area contributed by atoms with E-state index in [1.54, 1.807) is 23.1 Å². The maximum Gasteiger partial charge on any atom is 0.283 e. The van der Waals surface area contributed by atoms with E-state index in [0.717, 1.165) is 11.3 Å². The second-order valence-electron chi connectivity index (χ2n) is 4.64. The summed E-state index contributed by atoms with van der Waals surface area (Å²) in [6.07, 6.45) is 1.59. The Labute approximate surface area is 131 Å². The van der Waals surface area contributed by atoms with Crippen LogP contribution in [0, 0.1) is 17.0 Å². The minimum absolute atomic E-state index is 0.0704. The summed E-state index contributed by atoms with van der Waals surface area (Å²) in [5.41, 5.74) is 1.81. The Morgan fingerprint density at radius 3 is 2.68 bits per heavy atom. The summed E-state index contributed by atoms with van der Waals surface area (Å²) in [6, 6.07) is 14.7. The Morgan fingerprint density at radius 1 is 1.18 bits per heavy atom. The van der Waals surface area contributed by atoms with Crippen molar-refractivity contribution in [1.29, 1.82) is 0 Å². The van der Waals surface area contributed by atoms with Gasteiger partial charge in [-0.2, -0.15) is 0 Å². The first-order chi connectivity index (χ1) is 10.6. The standard InChI is InChI=1S/C15H12N4O2S/c1-11-7-8-14(13(9-11)19(20)21)22-15-16-10-18(17-15)12-5-3-2-4-6-12/h2-10H,1H3. The van der Waals surface area contributed by atoms with Gasteiger partial charge >= 0.3 is 0 Å². The van der Waals surface area contributed by atoms with Crippen LogP contribution >= 0.6 is 11.8 Å². The van der Waals surface area contributed by atoms with Crippen LogP contribution in [-0.4, -0.2) is 19.7 Å². The van der Waals surface area contributed by atoms with Crippen LogP contribution in [0.2, 0.25) is 0 Å². The van der Waals surface area contributed by atoms with E-state index in [4.69, 9.17) is 0 Å². The van der Waals surface area contributed by atoms with Gasteiger partial charge in [0, 0.05) is 6.07 Å². The number of benzene rings is 2. The highest BCUT2D eigenvalue weighted by Crippen LogP contribution is 2.33. The molecule has 0 saturated carbocycles. The Balaban J connectivity index is 1.89. The molecule has 0 radical (unpaired) electrons. The van der Waals surface area contributed by atoms with Crippen LogP contribution in [0.15, 0.2) is 64.9 Å². The van der Waals surface area contributed by atoms with E-state index in [1.165, 1.54) is 11.8 Å². The predicted octanol–water partition coefficient (Wildman–Crippen LogP) is 3.64.